The van der Waals surface area contributed by atoms with Gasteiger partial charge in [-0.05, 0) is 57.8 Å². The van der Waals surface area contributed by atoms with Crippen molar-refractivity contribution in [2.75, 3.05) is 13.2 Å². The quantitative estimate of drug-likeness (QED) is 0.0382. The zero-order chi connectivity index (χ0) is 39.3. The van der Waals surface area contributed by atoms with Crippen LogP contribution in [0.3, 0.4) is 0 Å². The van der Waals surface area contributed by atoms with Gasteiger partial charge in [0.15, 0.2) is 6.10 Å². The number of allylic oxidation sites excluding steroid dienone is 10. The highest BCUT2D eigenvalue weighted by atomic mass is 16.6. The minimum Gasteiger partial charge on any atom is -0.462 e. The van der Waals surface area contributed by atoms with Gasteiger partial charge < -0.3 is 14.6 Å². The molecule has 0 bridgehead atoms. The lowest BCUT2D eigenvalue weighted by Crippen LogP contribution is -2.28. The molecule has 1 N–H and O–H groups in total. The van der Waals surface area contributed by atoms with Crippen molar-refractivity contribution in [2.24, 2.45) is 0 Å². The van der Waals surface area contributed by atoms with E-state index in [1.165, 1.54) is 122 Å². The fourth-order valence-corrected chi connectivity index (χ4v) is 6.41. The second-order valence-corrected chi connectivity index (χ2v) is 15.1. The zero-order valence-corrected chi connectivity index (χ0v) is 35.5. The third kappa shape index (κ3) is 42.3. The molecule has 0 fully saturated rings. The molecule has 0 aromatic heterocycles. The lowest BCUT2D eigenvalue weighted by Gasteiger charge is -2.15. The Kier molecular flexibility index (Phi) is 43.0. The molecule has 0 aliphatic carbocycles. The van der Waals surface area contributed by atoms with Gasteiger partial charge in [0.1, 0.15) is 6.61 Å². The Hall–Kier alpha value is -2.40. The van der Waals surface area contributed by atoms with Crippen LogP contribution in [0.2, 0.25) is 0 Å². The number of carbonyl (C=O) groups is 2. The predicted octanol–water partition coefficient (Wildman–Crippen LogP) is 14.7. The average Bonchev–Trinajstić information content (AvgIpc) is 3.17. The number of hydrogen-bond donors (Lipinski definition) is 1. The van der Waals surface area contributed by atoms with Crippen LogP contribution in [0.5, 0.6) is 0 Å². The summed E-state index contributed by atoms with van der Waals surface area (Å²) in [5.74, 6) is -0.600. The fourth-order valence-electron chi connectivity index (χ4n) is 6.41. The number of rotatable bonds is 41. The van der Waals surface area contributed by atoms with Crippen molar-refractivity contribution >= 4 is 11.9 Å². The summed E-state index contributed by atoms with van der Waals surface area (Å²) in [5.41, 5.74) is 0. The first-order chi connectivity index (χ1) is 26.6. The highest BCUT2D eigenvalue weighted by molar-refractivity contribution is 5.70. The Morgan fingerprint density at radius 1 is 0.444 bits per heavy atom. The molecule has 0 rings (SSSR count). The molecular weight excluding hydrogens is 669 g/mol. The molecule has 0 aromatic carbocycles. The molecule has 0 spiro atoms. The molecule has 0 amide bonds. The van der Waals surface area contributed by atoms with Crippen molar-refractivity contribution in [2.45, 2.75) is 225 Å². The SMILES string of the molecule is CC/C=C\C/C=C\C/C=C\C/C=C\C/C=C\CCCCCCCCCCCCCCCCCCCCCC(=O)OC(CO)COC(=O)CCCCCCC. The van der Waals surface area contributed by atoms with Crippen LogP contribution in [0.15, 0.2) is 60.8 Å². The Morgan fingerprint density at radius 3 is 1.20 bits per heavy atom. The highest BCUT2D eigenvalue weighted by Crippen LogP contribution is 2.16. The third-order valence-corrected chi connectivity index (χ3v) is 9.83. The van der Waals surface area contributed by atoms with E-state index in [1.807, 2.05) is 0 Å². The number of esters is 2. The average molecular weight is 755 g/mol. The van der Waals surface area contributed by atoms with Crippen molar-refractivity contribution in [1.82, 2.24) is 0 Å². The maximum absolute atomic E-state index is 12.1. The largest absolute Gasteiger partial charge is 0.462 e. The lowest BCUT2D eigenvalue weighted by molar-refractivity contribution is -0.161. The van der Waals surface area contributed by atoms with Gasteiger partial charge in [0.25, 0.3) is 0 Å². The standard InChI is InChI=1S/C49H86O5/c1-3-5-7-9-10-11-12-13-14-15-16-17-18-19-20-21-22-23-24-25-26-27-28-29-30-31-32-33-34-35-36-37-38-40-42-44-49(52)54-47(45-50)46-53-48(51)43-41-39-8-6-4-2/h5,7,10-11,13-14,16-17,19-20,47,50H,3-4,6,8-9,12,15,18,21-46H2,1-2H3/b7-5-,11-10-,14-13-,17-16-,20-19-. The first-order valence-electron chi connectivity index (χ1n) is 22.8. The van der Waals surface area contributed by atoms with E-state index in [2.05, 4.69) is 74.6 Å². The molecule has 312 valence electrons. The van der Waals surface area contributed by atoms with Gasteiger partial charge in [0.2, 0.25) is 0 Å². The van der Waals surface area contributed by atoms with Crippen LogP contribution in [-0.2, 0) is 19.1 Å². The van der Waals surface area contributed by atoms with Crippen LogP contribution in [0.1, 0.15) is 219 Å². The van der Waals surface area contributed by atoms with Crippen molar-refractivity contribution < 1.29 is 24.2 Å². The van der Waals surface area contributed by atoms with Crippen molar-refractivity contribution in [3.05, 3.63) is 60.8 Å². The van der Waals surface area contributed by atoms with Crippen LogP contribution >= 0.6 is 0 Å². The monoisotopic (exact) mass is 755 g/mol. The molecule has 0 radical (unpaired) electrons. The zero-order valence-electron chi connectivity index (χ0n) is 35.5. The van der Waals surface area contributed by atoms with Crippen molar-refractivity contribution in [3.63, 3.8) is 0 Å². The second kappa shape index (κ2) is 45.0. The summed E-state index contributed by atoms with van der Waals surface area (Å²) in [7, 11) is 0. The molecule has 0 aromatic rings. The van der Waals surface area contributed by atoms with Gasteiger partial charge in [-0.15, -0.1) is 0 Å². The number of carbonyl (C=O) groups excluding carboxylic acids is 2. The number of unbranched alkanes of at least 4 members (excludes halogenated alkanes) is 23. The molecule has 0 heterocycles. The molecule has 0 aliphatic heterocycles. The van der Waals surface area contributed by atoms with E-state index in [-0.39, 0.29) is 25.2 Å². The van der Waals surface area contributed by atoms with Gasteiger partial charge in [-0.25, -0.2) is 0 Å². The summed E-state index contributed by atoms with van der Waals surface area (Å²) in [5, 5.41) is 9.49. The Morgan fingerprint density at radius 2 is 0.796 bits per heavy atom. The summed E-state index contributed by atoms with van der Waals surface area (Å²) in [6.45, 7) is 3.94. The topological polar surface area (TPSA) is 72.8 Å². The third-order valence-electron chi connectivity index (χ3n) is 9.83. The van der Waals surface area contributed by atoms with Gasteiger partial charge in [0.05, 0.1) is 6.61 Å². The minimum atomic E-state index is -0.765. The number of aliphatic hydroxyl groups excluding tert-OH is 1. The first kappa shape index (κ1) is 51.6. The Bertz CT molecular complexity index is 946. The molecule has 0 aliphatic rings. The van der Waals surface area contributed by atoms with Crippen LogP contribution < -0.4 is 0 Å². The van der Waals surface area contributed by atoms with Crippen LogP contribution in [-0.4, -0.2) is 36.4 Å². The highest BCUT2D eigenvalue weighted by Gasteiger charge is 2.16. The van der Waals surface area contributed by atoms with Gasteiger partial charge >= 0.3 is 11.9 Å². The molecule has 1 atom stereocenters. The molecule has 0 saturated carbocycles. The van der Waals surface area contributed by atoms with E-state index in [1.54, 1.807) is 0 Å². The van der Waals surface area contributed by atoms with E-state index >= 15 is 0 Å². The van der Waals surface area contributed by atoms with E-state index in [4.69, 9.17) is 9.47 Å². The van der Waals surface area contributed by atoms with Crippen molar-refractivity contribution in [3.8, 4) is 0 Å². The van der Waals surface area contributed by atoms with Crippen LogP contribution in [0, 0.1) is 0 Å². The number of hydrogen-bond acceptors (Lipinski definition) is 5. The second-order valence-electron chi connectivity index (χ2n) is 15.1. The summed E-state index contributed by atoms with van der Waals surface area (Å²) in [6, 6.07) is 0. The van der Waals surface area contributed by atoms with Crippen LogP contribution in [0.25, 0.3) is 0 Å². The van der Waals surface area contributed by atoms with Gasteiger partial charge in [0, 0.05) is 12.8 Å². The maximum atomic E-state index is 12.1. The first-order valence-corrected chi connectivity index (χ1v) is 22.8. The van der Waals surface area contributed by atoms with Crippen LogP contribution in [0.4, 0.5) is 0 Å². The summed E-state index contributed by atoms with van der Waals surface area (Å²) in [6.07, 6.45) is 59.3. The van der Waals surface area contributed by atoms with Gasteiger partial charge in [-0.1, -0.05) is 209 Å². The van der Waals surface area contributed by atoms with Crippen molar-refractivity contribution in [1.29, 1.82) is 0 Å². The normalized spacial score (nSPS) is 12.7. The maximum Gasteiger partial charge on any atom is 0.306 e. The molecule has 0 saturated heterocycles. The van der Waals surface area contributed by atoms with E-state index in [0.29, 0.717) is 12.8 Å². The minimum absolute atomic E-state index is 0.0648. The smallest absolute Gasteiger partial charge is 0.306 e. The van der Waals surface area contributed by atoms with Gasteiger partial charge in [-0.3, -0.25) is 9.59 Å². The lowest BCUT2D eigenvalue weighted by atomic mass is 10.0. The summed E-state index contributed by atoms with van der Waals surface area (Å²) in [4.78, 5) is 24.0. The fraction of sp³-hybridized carbons (Fsp3) is 0.755. The van der Waals surface area contributed by atoms with Gasteiger partial charge in [-0.2, -0.15) is 0 Å². The van der Waals surface area contributed by atoms with E-state index < -0.39 is 6.10 Å². The molecule has 1 unspecified atom stereocenters. The predicted molar refractivity (Wildman–Crippen MR) is 233 cm³/mol. The molecule has 5 heteroatoms. The summed E-state index contributed by atoms with van der Waals surface area (Å²) < 4.78 is 10.5. The Labute approximate surface area is 334 Å². The molecular formula is C49H86O5. The van der Waals surface area contributed by atoms with E-state index in [9.17, 15) is 14.7 Å². The Balaban J connectivity index is 3.39. The number of ether oxygens (including phenoxy) is 2. The number of aliphatic hydroxyl groups is 1. The molecule has 5 nitrogen and oxygen atoms in total. The van der Waals surface area contributed by atoms with E-state index in [0.717, 1.165) is 70.6 Å². The summed E-state index contributed by atoms with van der Waals surface area (Å²) >= 11 is 0. The molecule has 54 heavy (non-hydrogen) atoms.